The summed E-state index contributed by atoms with van der Waals surface area (Å²) in [6, 6.07) is 14.0. The summed E-state index contributed by atoms with van der Waals surface area (Å²) in [5.74, 6) is 1.61. The van der Waals surface area contributed by atoms with Crippen molar-refractivity contribution in [1.29, 1.82) is 0 Å². The molecule has 38 heavy (non-hydrogen) atoms. The second-order valence-electron chi connectivity index (χ2n) is 10.0. The van der Waals surface area contributed by atoms with E-state index in [-0.39, 0.29) is 36.4 Å². The van der Waals surface area contributed by atoms with Gasteiger partial charge in [-0.3, -0.25) is 9.20 Å². The molecule has 8 nitrogen and oxygen atoms in total. The van der Waals surface area contributed by atoms with Crippen LogP contribution in [0.15, 0.2) is 63.9 Å². The Balaban J connectivity index is 1.53. The lowest BCUT2D eigenvalue weighted by Crippen LogP contribution is -2.49. The van der Waals surface area contributed by atoms with E-state index in [0.717, 1.165) is 28.4 Å². The van der Waals surface area contributed by atoms with Gasteiger partial charge in [0, 0.05) is 25.5 Å². The number of fused-ring (bicyclic) bond motifs is 1. The largest absolute Gasteiger partial charge is 0.469 e. The SMILES string of the molecule is CC(=O)OCC1OC(Oc2c(Cc3ccco3)nc3c(Cc4ccccc4)nc(Br)cn23)C(C)C(C)C1C. The Kier molecular flexibility index (Phi) is 7.85. The van der Waals surface area contributed by atoms with Crippen LogP contribution in [-0.4, -0.2) is 39.3 Å². The minimum atomic E-state index is -0.554. The van der Waals surface area contributed by atoms with Gasteiger partial charge in [-0.25, -0.2) is 9.97 Å². The summed E-state index contributed by atoms with van der Waals surface area (Å²) < 4.78 is 26.6. The Labute approximate surface area is 230 Å². The molecule has 1 aromatic carbocycles. The van der Waals surface area contributed by atoms with Crippen molar-refractivity contribution in [3.63, 3.8) is 0 Å². The van der Waals surface area contributed by atoms with Crippen LogP contribution in [0, 0.1) is 17.8 Å². The first-order chi connectivity index (χ1) is 18.3. The number of esters is 1. The molecule has 0 saturated carbocycles. The van der Waals surface area contributed by atoms with E-state index in [2.05, 4.69) is 48.8 Å². The predicted molar refractivity (Wildman–Crippen MR) is 145 cm³/mol. The number of halogens is 1. The molecule has 200 valence electrons. The van der Waals surface area contributed by atoms with E-state index in [1.807, 2.05) is 40.9 Å². The van der Waals surface area contributed by atoms with Crippen molar-refractivity contribution in [3.8, 4) is 5.88 Å². The van der Waals surface area contributed by atoms with Gasteiger partial charge in [-0.15, -0.1) is 0 Å². The second kappa shape index (κ2) is 11.3. The van der Waals surface area contributed by atoms with Crippen LogP contribution in [0.2, 0.25) is 0 Å². The summed E-state index contributed by atoms with van der Waals surface area (Å²) in [6.45, 7) is 8.04. The highest BCUT2D eigenvalue weighted by atomic mass is 79.9. The lowest BCUT2D eigenvalue weighted by Gasteiger charge is -2.42. The molecule has 1 saturated heterocycles. The fourth-order valence-corrected chi connectivity index (χ4v) is 5.37. The molecule has 9 heteroatoms. The zero-order valence-corrected chi connectivity index (χ0v) is 23.6. The molecule has 0 bridgehead atoms. The van der Waals surface area contributed by atoms with Gasteiger partial charge in [0.05, 0.1) is 24.5 Å². The van der Waals surface area contributed by atoms with Crippen molar-refractivity contribution in [2.45, 2.75) is 52.9 Å². The average Bonchev–Trinajstić information content (AvgIpc) is 3.52. The van der Waals surface area contributed by atoms with Crippen molar-refractivity contribution in [1.82, 2.24) is 14.4 Å². The minimum Gasteiger partial charge on any atom is -0.469 e. The molecule has 0 aliphatic carbocycles. The first-order valence-electron chi connectivity index (χ1n) is 12.9. The zero-order valence-electron chi connectivity index (χ0n) is 22.0. The van der Waals surface area contributed by atoms with E-state index < -0.39 is 6.29 Å². The second-order valence-corrected chi connectivity index (χ2v) is 10.8. The van der Waals surface area contributed by atoms with Crippen molar-refractivity contribution in [3.05, 3.63) is 82.2 Å². The van der Waals surface area contributed by atoms with Gasteiger partial charge in [0.25, 0.3) is 0 Å². The van der Waals surface area contributed by atoms with E-state index in [0.29, 0.717) is 23.3 Å². The van der Waals surface area contributed by atoms with E-state index >= 15 is 0 Å². The van der Waals surface area contributed by atoms with Crippen LogP contribution in [0.25, 0.3) is 5.65 Å². The number of aromatic nitrogens is 3. The standard InChI is InChI=1S/C29H32BrN3O5/c1-17-18(2)25(16-36-20(4)34)37-29(19(17)3)38-28-24(14-22-11-8-12-35-22)32-27-23(31-26(30)15-33(27)28)13-21-9-6-5-7-10-21/h5-12,15,17-19,25,29H,13-14,16H2,1-4H3. The summed E-state index contributed by atoms with van der Waals surface area (Å²) in [6.07, 6.45) is 3.77. The Bertz CT molecular complexity index is 1390. The third-order valence-corrected chi connectivity index (χ3v) is 7.85. The van der Waals surface area contributed by atoms with Crippen LogP contribution in [0.4, 0.5) is 0 Å². The van der Waals surface area contributed by atoms with Crippen LogP contribution in [0.3, 0.4) is 0 Å². The number of imidazole rings is 1. The molecule has 0 spiro atoms. The molecular weight excluding hydrogens is 550 g/mol. The fourth-order valence-electron chi connectivity index (χ4n) is 4.95. The molecule has 4 aromatic rings. The maximum atomic E-state index is 11.5. The summed E-state index contributed by atoms with van der Waals surface area (Å²) in [4.78, 5) is 21.2. The summed E-state index contributed by atoms with van der Waals surface area (Å²) >= 11 is 3.59. The van der Waals surface area contributed by atoms with E-state index in [9.17, 15) is 4.79 Å². The summed E-state index contributed by atoms with van der Waals surface area (Å²) in [5, 5.41) is 0. The summed E-state index contributed by atoms with van der Waals surface area (Å²) in [7, 11) is 0. The predicted octanol–water partition coefficient (Wildman–Crippen LogP) is 5.84. The van der Waals surface area contributed by atoms with Gasteiger partial charge in [0.15, 0.2) is 5.65 Å². The molecule has 5 atom stereocenters. The fraction of sp³-hybridized carbons (Fsp3) is 0.414. The third kappa shape index (κ3) is 5.63. The lowest BCUT2D eigenvalue weighted by molar-refractivity contribution is -0.224. The number of carbonyl (C=O) groups is 1. The molecule has 5 rings (SSSR count). The third-order valence-electron chi connectivity index (χ3n) is 7.47. The molecule has 0 amide bonds. The van der Waals surface area contributed by atoms with Gasteiger partial charge >= 0.3 is 5.97 Å². The van der Waals surface area contributed by atoms with Crippen molar-refractivity contribution in [2.24, 2.45) is 17.8 Å². The monoisotopic (exact) mass is 581 g/mol. The van der Waals surface area contributed by atoms with Crippen LogP contribution < -0.4 is 4.74 Å². The van der Waals surface area contributed by atoms with E-state index in [1.165, 1.54) is 6.92 Å². The number of ether oxygens (including phenoxy) is 3. The number of hydrogen-bond donors (Lipinski definition) is 0. The maximum Gasteiger partial charge on any atom is 0.302 e. The molecule has 1 aliphatic rings. The van der Waals surface area contributed by atoms with Gasteiger partial charge in [-0.1, -0.05) is 51.1 Å². The quantitative estimate of drug-likeness (QED) is 0.241. The number of rotatable bonds is 8. The molecule has 0 radical (unpaired) electrons. The topological polar surface area (TPSA) is 88.1 Å². The number of carbonyl (C=O) groups excluding carboxylic acids is 1. The minimum absolute atomic E-state index is 0.0923. The lowest BCUT2D eigenvalue weighted by atomic mass is 9.79. The number of benzene rings is 1. The molecule has 0 N–H and O–H groups in total. The Morgan fingerprint density at radius 3 is 2.50 bits per heavy atom. The Hall–Kier alpha value is -3.17. The van der Waals surface area contributed by atoms with Gasteiger partial charge in [0.2, 0.25) is 12.2 Å². The van der Waals surface area contributed by atoms with Crippen LogP contribution in [-0.2, 0) is 27.1 Å². The smallest absolute Gasteiger partial charge is 0.302 e. The first kappa shape index (κ1) is 26.4. The van der Waals surface area contributed by atoms with Crippen LogP contribution >= 0.6 is 15.9 Å². The number of nitrogens with zero attached hydrogens (tertiary/aromatic N) is 3. The average molecular weight is 582 g/mol. The highest BCUT2D eigenvalue weighted by molar-refractivity contribution is 9.10. The van der Waals surface area contributed by atoms with E-state index in [4.69, 9.17) is 28.6 Å². The first-order valence-corrected chi connectivity index (χ1v) is 13.7. The van der Waals surface area contributed by atoms with Crippen molar-refractivity contribution >= 4 is 27.5 Å². The highest BCUT2D eigenvalue weighted by Gasteiger charge is 2.41. The van der Waals surface area contributed by atoms with Crippen LogP contribution in [0.5, 0.6) is 5.88 Å². The number of hydrogen-bond acceptors (Lipinski definition) is 7. The van der Waals surface area contributed by atoms with Gasteiger partial charge in [-0.2, -0.15) is 0 Å². The van der Waals surface area contributed by atoms with Crippen molar-refractivity contribution < 1.29 is 23.4 Å². The summed E-state index contributed by atoms with van der Waals surface area (Å²) in [5.41, 5.74) is 3.41. The van der Waals surface area contributed by atoms with Gasteiger partial charge in [-0.05, 0) is 45.5 Å². The molecule has 5 unspecified atom stereocenters. The van der Waals surface area contributed by atoms with Gasteiger partial charge in [0.1, 0.15) is 22.7 Å². The van der Waals surface area contributed by atoms with Crippen LogP contribution in [0.1, 0.15) is 50.4 Å². The van der Waals surface area contributed by atoms with Crippen molar-refractivity contribution in [2.75, 3.05) is 6.61 Å². The number of furan rings is 1. The molecule has 1 aliphatic heterocycles. The molecule has 1 fully saturated rings. The van der Waals surface area contributed by atoms with E-state index in [1.54, 1.807) is 6.26 Å². The molecule has 4 heterocycles. The Morgan fingerprint density at radius 1 is 1.00 bits per heavy atom. The van der Waals surface area contributed by atoms with Gasteiger partial charge < -0.3 is 18.6 Å². The Morgan fingerprint density at radius 2 is 1.79 bits per heavy atom. The molecule has 3 aromatic heterocycles. The zero-order chi connectivity index (χ0) is 26.8. The normalized spacial score (nSPS) is 23.4. The highest BCUT2D eigenvalue weighted by Crippen LogP contribution is 2.38. The molecular formula is C29H32BrN3O5. The maximum absolute atomic E-state index is 11.5.